The molecule has 0 heterocycles. The molecule has 5 nitrogen and oxygen atoms in total. The highest BCUT2D eigenvalue weighted by atomic mass is 32.2. The molecule has 1 atom stereocenters. The van der Waals surface area contributed by atoms with Crippen molar-refractivity contribution in [1.82, 2.24) is 0 Å². The standard InChI is InChI=1S/C8H11NO4PS/c1-2-13-14(10)7-5-3-4-6-8(7)15(9,11)12/h3-6H,2H2,1H3,(H2,9,11,12)/q+1. The van der Waals surface area contributed by atoms with Crippen molar-refractivity contribution in [3.63, 3.8) is 0 Å². The summed E-state index contributed by atoms with van der Waals surface area (Å²) >= 11 is 0. The van der Waals surface area contributed by atoms with E-state index in [9.17, 15) is 13.0 Å². The van der Waals surface area contributed by atoms with Crippen LogP contribution in [0, 0.1) is 0 Å². The fourth-order valence-electron chi connectivity index (χ4n) is 1.04. The van der Waals surface area contributed by atoms with E-state index in [0.717, 1.165) is 0 Å². The summed E-state index contributed by atoms with van der Waals surface area (Å²) in [7, 11) is -6.03. The second-order valence-electron chi connectivity index (χ2n) is 2.69. The van der Waals surface area contributed by atoms with Crippen LogP contribution in [0.5, 0.6) is 0 Å². The third-order valence-corrected chi connectivity index (χ3v) is 4.01. The van der Waals surface area contributed by atoms with Crippen LogP contribution >= 0.6 is 8.03 Å². The van der Waals surface area contributed by atoms with Crippen LogP contribution in [0.3, 0.4) is 0 Å². The Morgan fingerprint density at radius 3 is 2.53 bits per heavy atom. The van der Waals surface area contributed by atoms with Gasteiger partial charge in [0.2, 0.25) is 15.3 Å². The molecule has 82 valence electrons. The number of sulfonamides is 1. The van der Waals surface area contributed by atoms with E-state index in [0.29, 0.717) is 0 Å². The Balaban J connectivity index is 3.25. The highest BCUT2D eigenvalue weighted by molar-refractivity contribution is 7.89. The Hall–Kier alpha value is -0.810. The Bertz CT molecular complexity index is 471. The fraction of sp³-hybridized carbons (Fsp3) is 0.250. The summed E-state index contributed by atoms with van der Waals surface area (Å²) in [5.41, 5.74) is 0. The number of nitrogens with two attached hydrogens (primary N) is 1. The van der Waals surface area contributed by atoms with E-state index in [1.807, 2.05) is 0 Å². The van der Waals surface area contributed by atoms with Crippen LogP contribution < -0.4 is 10.4 Å². The maximum Gasteiger partial charge on any atom is 0.550 e. The van der Waals surface area contributed by atoms with E-state index in [1.165, 1.54) is 18.2 Å². The van der Waals surface area contributed by atoms with E-state index in [-0.39, 0.29) is 16.8 Å². The number of hydrogen-bond donors (Lipinski definition) is 1. The minimum Gasteiger partial charge on any atom is -0.224 e. The van der Waals surface area contributed by atoms with Gasteiger partial charge in [-0.3, -0.25) is 0 Å². The molecule has 7 heteroatoms. The SMILES string of the molecule is CCO[P+](=O)c1ccccc1S(N)(=O)=O. The number of benzene rings is 1. The lowest BCUT2D eigenvalue weighted by molar-refractivity contribution is 0.357. The van der Waals surface area contributed by atoms with E-state index in [2.05, 4.69) is 0 Å². The third kappa shape index (κ3) is 3.07. The zero-order valence-corrected chi connectivity index (χ0v) is 9.79. The van der Waals surface area contributed by atoms with Gasteiger partial charge in [-0.15, -0.1) is 4.52 Å². The molecule has 0 aliphatic heterocycles. The highest BCUT2D eigenvalue weighted by Crippen LogP contribution is 2.24. The van der Waals surface area contributed by atoms with Crippen LogP contribution in [0.4, 0.5) is 0 Å². The largest absolute Gasteiger partial charge is 0.550 e. The van der Waals surface area contributed by atoms with Gasteiger partial charge in [0.25, 0.3) is 0 Å². The summed E-state index contributed by atoms with van der Waals surface area (Å²) in [5.74, 6) is 0. The molecule has 0 saturated carbocycles. The fourth-order valence-corrected chi connectivity index (χ4v) is 3.10. The Kier molecular flexibility index (Phi) is 3.93. The molecule has 0 aliphatic carbocycles. The molecule has 1 rings (SSSR count). The first-order chi connectivity index (χ1) is 6.96. The van der Waals surface area contributed by atoms with Crippen LogP contribution in [0.1, 0.15) is 6.92 Å². The van der Waals surface area contributed by atoms with Gasteiger partial charge in [0.1, 0.15) is 11.5 Å². The molecule has 0 saturated heterocycles. The van der Waals surface area contributed by atoms with Gasteiger partial charge in [0.05, 0.1) is 0 Å². The summed E-state index contributed by atoms with van der Waals surface area (Å²) in [5, 5.41) is 5.09. The summed E-state index contributed by atoms with van der Waals surface area (Å²) in [6.45, 7) is 1.92. The summed E-state index contributed by atoms with van der Waals surface area (Å²) in [6.07, 6.45) is 0. The summed E-state index contributed by atoms with van der Waals surface area (Å²) in [4.78, 5) is -0.153. The number of rotatable bonds is 4. The molecule has 0 spiro atoms. The van der Waals surface area contributed by atoms with Crippen LogP contribution in [-0.4, -0.2) is 15.0 Å². The van der Waals surface area contributed by atoms with Crippen LogP contribution in [0.15, 0.2) is 29.2 Å². The molecule has 0 aromatic heterocycles. The second-order valence-corrected chi connectivity index (χ2v) is 5.47. The molecule has 1 aromatic carbocycles. The molecule has 1 unspecified atom stereocenters. The minimum absolute atomic E-state index is 0.108. The monoisotopic (exact) mass is 248 g/mol. The molecule has 0 fully saturated rings. The van der Waals surface area contributed by atoms with Crippen molar-refractivity contribution < 1.29 is 17.5 Å². The minimum atomic E-state index is -3.86. The molecule has 15 heavy (non-hydrogen) atoms. The molecule has 0 aliphatic rings. The zero-order valence-electron chi connectivity index (χ0n) is 8.08. The van der Waals surface area contributed by atoms with Crippen molar-refractivity contribution in [3.05, 3.63) is 24.3 Å². The van der Waals surface area contributed by atoms with Gasteiger partial charge in [-0.25, -0.2) is 13.6 Å². The lowest BCUT2D eigenvalue weighted by Crippen LogP contribution is -2.19. The average molecular weight is 248 g/mol. The first-order valence-electron chi connectivity index (χ1n) is 4.19. The van der Waals surface area contributed by atoms with Gasteiger partial charge in [0, 0.05) is 0 Å². The van der Waals surface area contributed by atoms with Crippen molar-refractivity contribution in [1.29, 1.82) is 0 Å². The van der Waals surface area contributed by atoms with Crippen molar-refractivity contribution >= 4 is 23.4 Å². The van der Waals surface area contributed by atoms with Crippen LogP contribution in [0.25, 0.3) is 0 Å². The molecular weight excluding hydrogens is 237 g/mol. The van der Waals surface area contributed by atoms with Crippen molar-refractivity contribution in [2.24, 2.45) is 5.14 Å². The molecule has 0 bridgehead atoms. The molecule has 0 amide bonds. The van der Waals surface area contributed by atoms with Gasteiger partial charge in [0.15, 0.2) is 0 Å². The topological polar surface area (TPSA) is 86.5 Å². The van der Waals surface area contributed by atoms with Crippen molar-refractivity contribution in [2.75, 3.05) is 6.61 Å². The Morgan fingerprint density at radius 2 is 2.00 bits per heavy atom. The van der Waals surface area contributed by atoms with E-state index >= 15 is 0 Å². The average Bonchev–Trinajstić information content (AvgIpc) is 2.17. The first-order valence-corrected chi connectivity index (χ1v) is 6.91. The molecule has 2 N–H and O–H groups in total. The second kappa shape index (κ2) is 4.81. The van der Waals surface area contributed by atoms with Crippen molar-refractivity contribution in [3.8, 4) is 0 Å². The van der Waals surface area contributed by atoms with Gasteiger partial charge in [-0.2, -0.15) is 0 Å². The van der Waals surface area contributed by atoms with Gasteiger partial charge in [-0.1, -0.05) is 12.1 Å². The van der Waals surface area contributed by atoms with Gasteiger partial charge < -0.3 is 0 Å². The molecular formula is C8H11NO4PS+. The quantitative estimate of drug-likeness (QED) is 0.796. The van der Waals surface area contributed by atoms with Gasteiger partial charge in [-0.05, 0) is 23.6 Å². The lowest BCUT2D eigenvalue weighted by Gasteiger charge is -1.96. The Morgan fingerprint density at radius 1 is 1.40 bits per heavy atom. The zero-order chi connectivity index (χ0) is 11.5. The summed E-state index contributed by atoms with van der Waals surface area (Å²) < 4.78 is 38.7. The van der Waals surface area contributed by atoms with E-state index in [1.54, 1.807) is 13.0 Å². The molecule has 0 radical (unpaired) electrons. The van der Waals surface area contributed by atoms with Crippen LogP contribution in [0.2, 0.25) is 0 Å². The maximum atomic E-state index is 11.5. The van der Waals surface area contributed by atoms with Gasteiger partial charge >= 0.3 is 8.03 Å². The Labute approximate surface area is 89.2 Å². The number of hydrogen-bond acceptors (Lipinski definition) is 4. The number of primary sulfonamides is 1. The maximum absolute atomic E-state index is 11.5. The third-order valence-electron chi connectivity index (χ3n) is 1.61. The van der Waals surface area contributed by atoms with Crippen LogP contribution in [-0.2, 0) is 19.1 Å². The smallest absolute Gasteiger partial charge is 0.224 e. The van der Waals surface area contributed by atoms with E-state index < -0.39 is 18.1 Å². The molecule has 1 aromatic rings. The first kappa shape index (κ1) is 12.3. The van der Waals surface area contributed by atoms with E-state index in [4.69, 9.17) is 9.66 Å². The van der Waals surface area contributed by atoms with Crippen molar-refractivity contribution in [2.45, 2.75) is 11.8 Å². The lowest BCUT2D eigenvalue weighted by atomic mass is 10.4. The normalized spacial score (nSPS) is 12.5. The summed E-state index contributed by atoms with van der Waals surface area (Å²) in [6, 6.07) is 5.82. The predicted molar refractivity (Wildman–Crippen MR) is 56.7 cm³/mol. The highest BCUT2D eigenvalue weighted by Gasteiger charge is 2.30. The predicted octanol–water partition coefficient (Wildman–Crippen LogP) is 0.738.